The van der Waals surface area contributed by atoms with Gasteiger partial charge in [-0.05, 0) is 25.8 Å². The normalized spacial score (nSPS) is 29.3. The van der Waals surface area contributed by atoms with E-state index in [0.29, 0.717) is 6.04 Å². The Hall–Kier alpha value is -0.670. The summed E-state index contributed by atoms with van der Waals surface area (Å²) in [6.07, 6.45) is 7.64. The van der Waals surface area contributed by atoms with E-state index >= 15 is 0 Å². The molecule has 0 unspecified atom stereocenters. The van der Waals surface area contributed by atoms with Gasteiger partial charge in [-0.25, -0.2) is 0 Å². The molecule has 84 valence electrons. The van der Waals surface area contributed by atoms with Crippen molar-refractivity contribution in [2.24, 2.45) is 0 Å². The van der Waals surface area contributed by atoms with E-state index in [9.17, 15) is 4.79 Å². The molecule has 1 saturated carbocycles. The Labute approximate surface area is 91.1 Å². The number of hydrogen-bond acceptors (Lipinski definition) is 3. The molecule has 2 aliphatic rings. The molecular formula is C12H19NO2. The highest BCUT2D eigenvalue weighted by molar-refractivity contribution is 5.87. The minimum absolute atomic E-state index is 0.120. The first-order valence-electron chi connectivity index (χ1n) is 5.79. The van der Waals surface area contributed by atoms with E-state index in [-0.39, 0.29) is 5.78 Å². The molecule has 2 fully saturated rings. The lowest BCUT2D eigenvalue weighted by Crippen LogP contribution is -2.52. The molecular weight excluding hydrogens is 190 g/mol. The highest BCUT2D eigenvalue weighted by atomic mass is 16.5. The first kappa shape index (κ1) is 10.8. The van der Waals surface area contributed by atoms with Crippen LogP contribution >= 0.6 is 0 Å². The van der Waals surface area contributed by atoms with Crippen LogP contribution in [0.5, 0.6) is 0 Å². The Bertz CT molecular complexity index is 258. The van der Waals surface area contributed by atoms with Crippen molar-refractivity contribution >= 4 is 5.78 Å². The SMILES string of the molecule is CC(=O)/C=C/[C@@H]1COCCN1C1CCC1. The number of ether oxygens (including phenoxy) is 1. The second kappa shape index (κ2) is 4.90. The Balaban J connectivity index is 1.95. The minimum atomic E-state index is 0.120. The van der Waals surface area contributed by atoms with Gasteiger partial charge in [-0.1, -0.05) is 12.5 Å². The maximum atomic E-state index is 10.9. The van der Waals surface area contributed by atoms with Crippen LogP contribution in [0.1, 0.15) is 26.2 Å². The molecule has 0 bridgehead atoms. The van der Waals surface area contributed by atoms with E-state index in [0.717, 1.165) is 25.8 Å². The monoisotopic (exact) mass is 209 g/mol. The van der Waals surface area contributed by atoms with Crippen molar-refractivity contribution in [1.82, 2.24) is 4.90 Å². The third-order valence-electron chi connectivity index (χ3n) is 3.31. The first-order valence-corrected chi connectivity index (χ1v) is 5.79. The second-order valence-electron chi connectivity index (χ2n) is 4.43. The van der Waals surface area contributed by atoms with Gasteiger partial charge in [-0.3, -0.25) is 9.69 Å². The summed E-state index contributed by atoms with van der Waals surface area (Å²) in [6.45, 7) is 4.17. The number of ketones is 1. The topological polar surface area (TPSA) is 29.5 Å². The molecule has 0 amide bonds. The quantitative estimate of drug-likeness (QED) is 0.658. The molecule has 0 N–H and O–H groups in total. The number of nitrogens with zero attached hydrogens (tertiary/aromatic N) is 1. The Kier molecular flexibility index (Phi) is 3.54. The van der Waals surface area contributed by atoms with Crippen molar-refractivity contribution in [1.29, 1.82) is 0 Å². The van der Waals surface area contributed by atoms with Crippen LogP contribution < -0.4 is 0 Å². The highest BCUT2D eigenvalue weighted by Gasteiger charge is 2.31. The average Bonchev–Trinajstić information content (AvgIpc) is 2.14. The molecule has 0 aromatic carbocycles. The largest absolute Gasteiger partial charge is 0.378 e. The summed E-state index contributed by atoms with van der Waals surface area (Å²) >= 11 is 0. The third kappa shape index (κ3) is 2.67. The fourth-order valence-corrected chi connectivity index (χ4v) is 2.22. The van der Waals surface area contributed by atoms with E-state index in [4.69, 9.17) is 4.74 Å². The lowest BCUT2D eigenvalue weighted by Gasteiger charge is -2.43. The molecule has 2 rings (SSSR count). The van der Waals surface area contributed by atoms with E-state index in [1.165, 1.54) is 19.3 Å². The lowest BCUT2D eigenvalue weighted by atomic mass is 9.90. The maximum absolute atomic E-state index is 10.9. The number of rotatable bonds is 3. The standard InChI is InChI=1S/C12H19NO2/c1-10(14)5-6-12-9-15-8-7-13(12)11-3-2-4-11/h5-6,11-12H,2-4,7-9H2,1H3/b6-5+/t12-/m1/s1. The molecule has 3 nitrogen and oxygen atoms in total. The zero-order chi connectivity index (χ0) is 10.7. The molecule has 1 aliphatic heterocycles. The molecule has 0 aromatic heterocycles. The van der Waals surface area contributed by atoms with Crippen LogP contribution in [0.4, 0.5) is 0 Å². The molecule has 0 aromatic rings. The molecule has 1 heterocycles. The zero-order valence-corrected chi connectivity index (χ0v) is 9.32. The van der Waals surface area contributed by atoms with Crippen molar-refractivity contribution in [3.63, 3.8) is 0 Å². The van der Waals surface area contributed by atoms with Crippen molar-refractivity contribution < 1.29 is 9.53 Å². The number of carbonyl (C=O) groups excluding carboxylic acids is 1. The summed E-state index contributed by atoms with van der Waals surface area (Å²) in [7, 11) is 0. The third-order valence-corrected chi connectivity index (χ3v) is 3.31. The van der Waals surface area contributed by atoms with E-state index in [1.807, 2.05) is 6.08 Å². The highest BCUT2D eigenvalue weighted by Crippen LogP contribution is 2.27. The van der Waals surface area contributed by atoms with Gasteiger partial charge in [0.05, 0.1) is 19.3 Å². The average molecular weight is 209 g/mol. The Morgan fingerprint density at radius 1 is 1.47 bits per heavy atom. The zero-order valence-electron chi connectivity index (χ0n) is 9.32. The van der Waals surface area contributed by atoms with Crippen molar-refractivity contribution in [2.45, 2.75) is 38.3 Å². The van der Waals surface area contributed by atoms with Gasteiger partial charge in [0, 0.05) is 12.6 Å². The summed E-state index contributed by atoms with van der Waals surface area (Å²) in [5.41, 5.74) is 0. The Morgan fingerprint density at radius 2 is 2.27 bits per heavy atom. The van der Waals surface area contributed by atoms with Crippen LogP contribution in [-0.2, 0) is 9.53 Å². The smallest absolute Gasteiger partial charge is 0.152 e. The summed E-state index contributed by atoms with van der Waals surface area (Å²) in [5, 5.41) is 0. The summed E-state index contributed by atoms with van der Waals surface area (Å²) in [4.78, 5) is 13.4. The molecule has 15 heavy (non-hydrogen) atoms. The lowest BCUT2D eigenvalue weighted by molar-refractivity contribution is -0.112. The van der Waals surface area contributed by atoms with Crippen molar-refractivity contribution in [2.75, 3.05) is 19.8 Å². The predicted molar refractivity (Wildman–Crippen MR) is 58.8 cm³/mol. The van der Waals surface area contributed by atoms with Crippen LogP contribution in [0.2, 0.25) is 0 Å². The van der Waals surface area contributed by atoms with Crippen LogP contribution in [0.15, 0.2) is 12.2 Å². The molecule has 1 aliphatic carbocycles. The van der Waals surface area contributed by atoms with Crippen LogP contribution in [0, 0.1) is 0 Å². The van der Waals surface area contributed by atoms with Crippen molar-refractivity contribution in [3.05, 3.63) is 12.2 Å². The van der Waals surface area contributed by atoms with E-state index in [2.05, 4.69) is 4.90 Å². The van der Waals surface area contributed by atoms with Gasteiger partial charge in [0.1, 0.15) is 0 Å². The van der Waals surface area contributed by atoms with Crippen molar-refractivity contribution in [3.8, 4) is 0 Å². The van der Waals surface area contributed by atoms with Gasteiger partial charge in [0.25, 0.3) is 0 Å². The van der Waals surface area contributed by atoms with Gasteiger partial charge >= 0.3 is 0 Å². The van der Waals surface area contributed by atoms with Crippen LogP contribution in [0.3, 0.4) is 0 Å². The fraction of sp³-hybridized carbons (Fsp3) is 0.750. The number of morpholine rings is 1. The summed E-state index contributed by atoms with van der Waals surface area (Å²) in [5.74, 6) is 0.120. The van der Waals surface area contributed by atoms with Gasteiger partial charge in [-0.15, -0.1) is 0 Å². The van der Waals surface area contributed by atoms with Gasteiger partial charge < -0.3 is 4.74 Å². The molecule has 0 spiro atoms. The van der Waals surface area contributed by atoms with E-state index in [1.54, 1.807) is 13.0 Å². The second-order valence-corrected chi connectivity index (χ2v) is 4.43. The first-order chi connectivity index (χ1) is 7.27. The van der Waals surface area contributed by atoms with Gasteiger partial charge in [0.2, 0.25) is 0 Å². The summed E-state index contributed by atoms with van der Waals surface area (Å²) in [6, 6.07) is 1.04. The predicted octanol–water partition coefficient (Wildman–Crippen LogP) is 1.38. The minimum Gasteiger partial charge on any atom is -0.378 e. The van der Waals surface area contributed by atoms with E-state index < -0.39 is 0 Å². The molecule has 3 heteroatoms. The van der Waals surface area contributed by atoms with Crippen LogP contribution in [0.25, 0.3) is 0 Å². The molecule has 1 saturated heterocycles. The number of hydrogen-bond donors (Lipinski definition) is 0. The molecule has 1 atom stereocenters. The number of allylic oxidation sites excluding steroid dienone is 1. The van der Waals surface area contributed by atoms with Gasteiger partial charge in [0.15, 0.2) is 5.78 Å². The maximum Gasteiger partial charge on any atom is 0.152 e. The fourth-order valence-electron chi connectivity index (χ4n) is 2.22. The number of carbonyl (C=O) groups is 1. The Morgan fingerprint density at radius 3 is 2.87 bits per heavy atom. The summed E-state index contributed by atoms with van der Waals surface area (Å²) < 4.78 is 5.46. The van der Waals surface area contributed by atoms with Crippen LogP contribution in [-0.4, -0.2) is 42.5 Å². The van der Waals surface area contributed by atoms with Gasteiger partial charge in [-0.2, -0.15) is 0 Å². The molecule has 0 radical (unpaired) electrons.